The first-order chi connectivity index (χ1) is 10.0. The van der Waals surface area contributed by atoms with Gasteiger partial charge in [-0.1, -0.05) is 25.1 Å². The van der Waals surface area contributed by atoms with Crippen molar-refractivity contribution in [1.82, 2.24) is 10.2 Å². The van der Waals surface area contributed by atoms with Crippen LogP contribution in [0.25, 0.3) is 0 Å². The van der Waals surface area contributed by atoms with Crippen LogP contribution in [0.1, 0.15) is 18.9 Å². The molecule has 0 aliphatic carbocycles. The van der Waals surface area contributed by atoms with Crippen LogP contribution >= 0.6 is 0 Å². The van der Waals surface area contributed by atoms with Crippen molar-refractivity contribution in [2.75, 3.05) is 13.2 Å². The van der Waals surface area contributed by atoms with Crippen molar-refractivity contribution in [2.45, 2.75) is 26.3 Å². The molecule has 1 saturated heterocycles. The minimum atomic E-state index is -0.615. The third-order valence-corrected chi connectivity index (χ3v) is 3.41. The molecule has 21 heavy (non-hydrogen) atoms. The van der Waals surface area contributed by atoms with Crippen molar-refractivity contribution in [1.29, 1.82) is 0 Å². The molecule has 0 bridgehead atoms. The monoisotopic (exact) mass is 290 g/mol. The van der Waals surface area contributed by atoms with Gasteiger partial charge in [0.1, 0.15) is 18.3 Å². The normalized spacial score (nSPS) is 18.4. The van der Waals surface area contributed by atoms with Gasteiger partial charge in [0.15, 0.2) is 6.61 Å². The van der Waals surface area contributed by atoms with Gasteiger partial charge in [0.25, 0.3) is 5.91 Å². The molecular weight excluding hydrogens is 272 g/mol. The van der Waals surface area contributed by atoms with E-state index in [4.69, 9.17) is 4.74 Å². The minimum absolute atomic E-state index is 0.111. The number of carbonyl (C=O) groups is 3. The number of nitrogens with zero attached hydrogens (tertiary/aromatic N) is 1. The van der Waals surface area contributed by atoms with Crippen LogP contribution in [-0.4, -0.2) is 41.8 Å². The average molecular weight is 290 g/mol. The molecule has 1 unspecified atom stereocenters. The lowest BCUT2D eigenvalue weighted by Gasteiger charge is -2.33. The Morgan fingerprint density at radius 3 is 2.76 bits per heavy atom. The maximum Gasteiger partial charge on any atom is 0.261 e. The molecule has 1 aromatic carbocycles. The van der Waals surface area contributed by atoms with Crippen molar-refractivity contribution in [3.8, 4) is 5.75 Å². The van der Waals surface area contributed by atoms with E-state index in [1.54, 1.807) is 13.0 Å². The van der Waals surface area contributed by atoms with Crippen LogP contribution in [0, 0.1) is 6.92 Å². The molecule has 0 spiro atoms. The topological polar surface area (TPSA) is 75.7 Å². The number of piperazine rings is 1. The number of benzene rings is 1. The van der Waals surface area contributed by atoms with Gasteiger partial charge in [-0.15, -0.1) is 0 Å². The Balaban J connectivity index is 2.03. The van der Waals surface area contributed by atoms with Crippen LogP contribution in [-0.2, 0) is 14.4 Å². The molecule has 112 valence electrons. The fraction of sp³-hybridized carbons (Fsp3) is 0.400. The second kappa shape index (κ2) is 6.39. The first-order valence-electron chi connectivity index (χ1n) is 6.84. The molecule has 1 aliphatic heterocycles. The van der Waals surface area contributed by atoms with Crippen molar-refractivity contribution < 1.29 is 19.1 Å². The van der Waals surface area contributed by atoms with Gasteiger partial charge in [0, 0.05) is 0 Å². The van der Waals surface area contributed by atoms with Gasteiger partial charge >= 0.3 is 0 Å². The molecule has 1 heterocycles. The summed E-state index contributed by atoms with van der Waals surface area (Å²) in [5.41, 5.74) is 0.921. The van der Waals surface area contributed by atoms with Crippen LogP contribution in [0.4, 0.5) is 0 Å². The van der Waals surface area contributed by atoms with Gasteiger partial charge in [-0.05, 0) is 25.0 Å². The summed E-state index contributed by atoms with van der Waals surface area (Å²) in [4.78, 5) is 36.6. The number of hydrogen-bond donors (Lipinski definition) is 1. The Morgan fingerprint density at radius 1 is 1.38 bits per heavy atom. The Kier molecular flexibility index (Phi) is 4.57. The predicted molar refractivity (Wildman–Crippen MR) is 75.6 cm³/mol. The molecule has 0 saturated carbocycles. The zero-order chi connectivity index (χ0) is 15.4. The van der Waals surface area contributed by atoms with E-state index < -0.39 is 17.9 Å². The number of rotatable bonds is 4. The SMILES string of the molecule is CCC1C(=O)NC(=O)CN1C(=O)COc1ccccc1C. The van der Waals surface area contributed by atoms with E-state index in [9.17, 15) is 14.4 Å². The summed E-state index contributed by atoms with van der Waals surface area (Å²) in [7, 11) is 0. The largest absolute Gasteiger partial charge is 0.483 e. The summed E-state index contributed by atoms with van der Waals surface area (Å²) in [6.45, 7) is 3.37. The zero-order valence-electron chi connectivity index (χ0n) is 12.1. The fourth-order valence-electron chi connectivity index (χ4n) is 2.28. The standard InChI is InChI=1S/C15H18N2O4/c1-3-11-15(20)16-13(18)8-17(11)14(19)9-21-12-7-5-4-6-10(12)2/h4-7,11H,3,8-9H2,1-2H3,(H,16,18,20). The van der Waals surface area contributed by atoms with E-state index in [2.05, 4.69) is 5.32 Å². The van der Waals surface area contributed by atoms with Gasteiger partial charge < -0.3 is 9.64 Å². The van der Waals surface area contributed by atoms with Crippen LogP contribution in [0.3, 0.4) is 0 Å². The molecule has 6 nitrogen and oxygen atoms in total. The van der Waals surface area contributed by atoms with E-state index >= 15 is 0 Å². The average Bonchev–Trinajstić information content (AvgIpc) is 2.45. The number of ether oxygens (including phenoxy) is 1. The molecule has 0 aromatic heterocycles. The highest BCUT2D eigenvalue weighted by Crippen LogP contribution is 2.17. The quantitative estimate of drug-likeness (QED) is 0.826. The lowest BCUT2D eigenvalue weighted by molar-refractivity contribution is -0.151. The fourth-order valence-corrected chi connectivity index (χ4v) is 2.28. The number of hydrogen-bond acceptors (Lipinski definition) is 4. The smallest absolute Gasteiger partial charge is 0.261 e. The molecule has 1 fully saturated rings. The van der Waals surface area contributed by atoms with Crippen LogP contribution < -0.4 is 10.1 Å². The van der Waals surface area contributed by atoms with Crippen molar-refractivity contribution in [3.05, 3.63) is 29.8 Å². The highest BCUT2D eigenvalue weighted by molar-refractivity contribution is 6.04. The summed E-state index contributed by atoms with van der Waals surface area (Å²) < 4.78 is 5.48. The summed E-state index contributed by atoms with van der Waals surface area (Å²) in [6.07, 6.45) is 0.454. The Hall–Kier alpha value is -2.37. The maximum absolute atomic E-state index is 12.2. The summed E-state index contributed by atoms with van der Waals surface area (Å²) in [6, 6.07) is 6.74. The van der Waals surface area contributed by atoms with Crippen molar-refractivity contribution in [3.63, 3.8) is 0 Å². The van der Waals surface area contributed by atoms with Crippen molar-refractivity contribution in [2.24, 2.45) is 0 Å². The number of imide groups is 1. The molecule has 1 atom stereocenters. The van der Waals surface area contributed by atoms with Gasteiger partial charge in [-0.25, -0.2) is 0 Å². The number of aryl methyl sites for hydroxylation is 1. The molecule has 1 aliphatic rings. The second-order valence-electron chi connectivity index (χ2n) is 4.91. The molecule has 3 amide bonds. The lowest BCUT2D eigenvalue weighted by Crippen LogP contribution is -2.60. The number of carbonyl (C=O) groups excluding carboxylic acids is 3. The molecule has 0 radical (unpaired) electrons. The van der Waals surface area contributed by atoms with Crippen LogP contribution in [0.2, 0.25) is 0 Å². The van der Waals surface area contributed by atoms with Crippen molar-refractivity contribution >= 4 is 17.7 Å². The second-order valence-corrected chi connectivity index (χ2v) is 4.91. The Labute approximate surface area is 123 Å². The molecular formula is C15H18N2O4. The molecule has 1 aromatic rings. The lowest BCUT2D eigenvalue weighted by atomic mass is 10.1. The molecule has 2 rings (SSSR count). The van der Waals surface area contributed by atoms with Gasteiger partial charge in [0.2, 0.25) is 11.8 Å². The zero-order valence-corrected chi connectivity index (χ0v) is 12.1. The number of amides is 3. The van der Waals surface area contributed by atoms with Crippen LogP contribution in [0.15, 0.2) is 24.3 Å². The van der Waals surface area contributed by atoms with E-state index in [0.29, 0.717) is 12.2 Å². The Morgan fingerprint density at radius 2 is 2.10 bits per heavy atom. The Bertz CT molecular complexity index is 571. The van der Waals surface area contributed by atoms with E-state index in [0.717, 1.165) is 5.56 Å². The highest BCUT2D eigenvalue weighted by Gasteiger charge is 2.35. The number of nitrogens with one attached hydrogen (secondary N) is 1. The van der Waals surface area contributed by atoms with E-state index in [1.165, 1.54) is 4.90 Å². The first kappa shape index (κ1) is 15.0. The summed E-state index contributed by atoms with van der Waals surface area (Å²) >= 11 is 0. The summed E-state index contributed by atoms with van der Waals surface area (Å²) in [5.74, 6) is -0.646. The van der Waals surface area contributed by atoms with Gasteiger partial charge in [0.05, 0.1) is 0 Å². The third-order valence-electron chi connectivity index (χ3n) is 3.41. The minimum Gasteiger partial charge on any atom is -0.483 e. The molecule has 6 heteroatoms. The summed E-state index contributed by atoms with van der Waals surface area (Å²) in [5, 5.41) is 2.24. The van der Waals surface area contributed by atoms with Gasteiger partial charge in [-0.3, -0.25) is 19.7 Å². The maximum atomic E-state index is 12.2. The van der Waals surface area contributed by atoms with E-state index in [1.807, 2.05) is 25.1 Å². The van der Waals surface area contributed by atoms with E-state index in [-0.39, 0.29) is 19.1 Å². The van der Waals surface area contributed by atoms with Gasteiger partial charge in [-0.2, -0.15) is 0 Å². The molecule has 1 N–H and O–H groups in total. The first-order valence-corrected chi connectivity index (χ1v) is 6.84. The number of para-hydroxylation sites is 1. The van der Waals surface area contributed by atoms with Crippen LogP contribution in [0.5, 0.6) is 5.75 Å². The highest BCUT2D eigenvalue weighted by atomic mass is 16.5. The third kappa shape index (κ3) is 3.39. The predicted octanol–water partition coefficient (Wildman–Crippen LogP) is 0.637.